The van der Waals surface area contributed by atoms with Crippen LogP contribution in [0.3, 0.4) is 0 Å². The monoisotopic (exact) mass is 298 g/mol. The van der Waals surface area contributed by atoms with Gasteiger partial charge in [-0.15, -0.1) is 11.6 Å². The van der Waals surface area contributed by atoms with Crippen molar-refractivity contribution < 1.29 is 18.3 Å². The van der Waals surface area contributed by atoms with Crippen LogP contribution in [0.15, 0.2) is 22.6 Å². The van der Waals surface area contributed by atoms with E-state index in [1.807, 2.05) is 13.0 Å². The zero-order chi connectivity index (χ0) is 14.9. The largest absolute Gasteiger partial charge is 0.493 e. The highest BCUT2D eigenvalue weighted by atomic mass is 35.5. The summed E-state index contributed by atoms with van der Waals surface area (Å²) in [6, 6.07) is 4.63. The number of hydrogen-bond acceptors (Lipinski definition) is 3. The van der Waals surface area contributed by atoms with Crippen molar-refractivity contribution in [2.75, 3.05) is 14.2 Å². The summed E-state index contributed by atoms with van der Waals surface area (Å²) in [5, 5.41) is -0.646. The molecule has 3 nitrogen and oxygen atoms in total. The molecule has 0 N–H and O–H groups in total. The molecule has 0 amide bonds. The predicted molar refractivity (Wildman–Crippen MR) is 75.4 cm³/mol. The highest BCUT2D eigenvalue weighted by Gasteiger charge is 2.22. The number of rotatable bonds is 4. The fourth-order valence-electron chi connectivity index (χ4n) is 2.13. The van der Waals surface area contributed by atoms with Crippen molar-refractivity contribution in [1.82, 2.24) is 0 Å². The molecule has 0 aliphatic heterocycles. The molecule has 1 aromatic heterocycles. The van der Waals surface area contributed by atoms with Gasteiger partial charge in [-0.3, -0.25) is 0 Å². The van der Waals surface area contributed by atoms with Crippen LogP contribution in [0.2, 0.25) is 0 Å². The van der Waals surface area contributed by atoms with Gasteiger partial charge in [0.2, 0.25) is 0 Å². The standard InChI is InChI=1S/C15H16ClFO3/c1-8-5-10(9(2)20-8)15(16)11-6-13(18-3)14(19-4)7-12(11)17/h5-7,15H,1-4H3. The van der Waals surface area contributed by atoms with Gasteiger partial charge in [0.1, 0.15) is 17.3 Å². The normalized spacial score (nSPS) is 12.3. The highest BCUT2D eigenvalue weighted by molar-refractivity contribution is 6.22. The minimum atomic E-state index is -0.646. The molecule has 0 spiro atoms. The number of aryl methyl sites for hydroxylation is 2. The third kappa shape index (κ3) is 2.61. The molecule has 0 fully saturated rings. The Morgan fingerprint density at radius 2 is 1.65 bits per heavy atom. The lowest BCUT2D eigenvalue weighted by Gasteiger charge is -2.14. The van der Waals surface area contributed by atoms with E-state index in [4.69, 9.17) is 25.5 Å². The maximum Gasteiger partial charge on any atom is 0.163 e. The molecular weight excluding hydrogens is 283 g/mol. The van der Waals surface area contributed by atoms with Crippen LogP contribution >= 0.6 is 11.6 Å². The maximum atomic E-state index is 14.2. The average Bonchev–Trinajstić information content (AvgIpc) is 2.76. The third-order valence-electron chi connectivity index (χ3n) is 3.13. The summed E-state index contributed by atoms with van der Waals surface area (Å²) in [5.74, 6) is 1.74. The Labute approximate surface area is 122 Å². The van der Waals surface area contributed by atoms with Gasteiger partial charge in [0.25, 0.3) is 0 Å². The fourth-order valence-corrected chi connectivity index (χ4v) is 2.52. The second kappa shape index (κ2) is 5.75. The molecule has 0 aliphatic rings. The van der Waals surface area contributed by atoms with Gasteiger partial charge >= 0.3 is 0 Å². The van der Waals surface area contributed by atoms with E-state index in [1.165, 1.54) is 20.3 Å². The first-order chi connectivity index (χ1) is 9.47. The van der Waals surface area contributed by atoms with Gasteiger partial charge in [-0.1, -0.05) is 0 Å². The highest BCUT2D eigenvalue weighted by Crippen LogP contribution is 2.39. The van der Waals surface area contributed by atoms with Crippen LogP contribution in [0.4, 0.5) is 4.39 Å². The molecule has 108 valence electrons. The number of benzene rings is 1. The van der Waals surface area contributed by atoms with Crippen molar-refractivity contribution in [3.05, 3.63) is 46.7 Å². The quantitative estimate of drug-likeness (QED) is 0.785. The maximum absolute atomic E-state index is 14.2. The molecule has 2 aromatic rings. The lowest BCUT2D eigenvalue weighted by atomic mass is 10.0. The SMILES string of the molecule is COc1cc(F)c(C(Cl)c2cc(C)oc2C)cc1OC. The molecule has 0 saturated carbocycles. The van der Waals surface area contributed by atoms with E-state index >= 15 is 0 Å². The fraction of sp³-hybridized carbons (Fsp3) is 0.333. The Morgan fingerprint density at radius 3 is 2.15 bits per heavy atom. The molecular formula is C15H16ClFO3. The van der Waals surface area contributed by atoms with Crippen molar-refractivity contribution in [2.24, 2.45) is 0 Å². The van der Waals surface area contributed by atoms with Gasteiger partial charge in [0, 0.05) is 17.2 Å². The predicted octanol–water partition coefficient (Wildman–Crippen LogP) is 4.38. The van der Waals surface area contributed by atoms with Crippen LogP contribution in [0.5, 0.6) is 11.5 Å². The second-order valence-corrected chi connectivity index (χ2v) is 4.90. The number of halogens is 2. The van der Waals surface area contributed by atoms with Gasteiger partial charge < -0.3 is 13.9 Å². The van der Waals surface area contributed by atoms with E-state index in [2.05, 4.69) is 0 Å². The van der Waals surface area contributed by atoms with Crippen LogP contribution in [-0.4, -0.2) is 14.2 Å². The van der Waals surface area contributed by atoms with Crippen molar-refractivity contribution in [1.29, 1.82) is 0 Å². The van der Waals surface area contributed by atoms with Crippen LogP contribution < -0.4 is 9.47 Å². The minimum absolute atomic E-state index is 0.327. The van der Waals surface area contributed by atoms with Crippen LogP contribution in [-0.2, 0) is 0 Å². The van der Waals surface area contributed by atoms with Crippen LogP contribution in [0.25, 0.3) is 0 Å². The Hall–Kier alpha value is -1.68. The Balaban J connectivity index is 2.49. The molecule has 0 bridgehead atoms. The van der Waals surface area contributed by atoms with E-state index in [0.29, 0.717) is 22.8 Å². The Morgan fingerprint density at radius 1 is 1.05 bits per heavy atom. The first kappa shape index (κ1) is 14.7. The topological polar surface area (TPSA) is 31.6 Å². The van der Waals surface area contributed by atoms with Crippen molar-refractivity contribution >= 4 is 11.6 Å². The van der Waals surface area contributed by atoms with E-state index < -0.39 is 11.2 Å². The summed E-state index contributed by atoms with van der Waals surface area (Å²) in [5.41, 5.74) is 1.07. The van der Waals surface area contributed by atoms with Crippen molar-refractivity contribution in [2.45, 2.75) is 19.2 Å². The number of ether oxygens (including phenoxy) is 2. The number of alkyl halides is 1. The number of furan rings is 1. The minimum Gasteiger partial charge on any atom is -0.493 e. The van der Waals surface area contributed by atoms with Crippen molar-refractivity contribution in [3.8, 4) is 11.5 Å². The average molecular weight is 299 g/mol. The Kier molecular flexibility index (Phi) is 4.23. The smallest absolute Gasteiger partial charge is 0.163 e. The molecule has 0 aliphatic carbocycles. The van der Waals surface area contributed by atoms with Gasteiger partial charge in [-0.05, 0) is 26.0 Å². The van der Waals surface area contributed by atoms with E-state index in [-0.39, 0.29) is 0 Å². The molecule has 1 unspecified atom stereocenters. The second-order valence-electron chi connectivity index (χ2n) is 4.46. The molecule has 1 atom stereocenters. The number of hydrogen-bond donors (Lipinski definition) is 0. The first-order valence-corrected chi connectivity index (χ1v) is 6.54. The lowest BCUT2D eigenvalue weighted by Crippen LogP contribution is -2.00. The molecule has 0 radical (unpaired) electrons. The van der Waals surface area contributed by atoms with Gasteiger partial charge in [0.05, 0.1) is 19.6 Å². The molecule has 0 saturated heterocycles. The molecule has 1 aromatic carbocycles. The summed E-state index contributed by atoms with van der Waals surface area (Å²) >= 11 is 6.38. The van der Waals surface area contributed by atoms with Crippen LogP contribution in [0, 0.1) is 19.7 Å². The summed E-state index contributed by atoms with van der Waals surface area (Å²) < 4.78 is 29.9. The van der Waals surface area contributed by atoms with Crippen LogP contribution in [0.1, 0.15) is 28.0 Å². The van der Waals surface area contributed by atoms with Gasteiger partial charge in [-0.25, -0.2) is 4.39 Å². The summed E-state index contributed by atoms with van der Waals surface area (Å²) in [7, 11) is 2.95. The number of methoxy groups -OCH3 is 2. The summed E-state index contributed by atoms with van der Waals surface area (Å²) in [4.78, 5) is 0. The van der Waals surface area contributed by atoms with E-state index in [9.17, 15) is 4.39 Å². The van der Waals surface area contributed by atoms with Gasteiger partial charge in [0.15, 0.2) is 11.5 Å². The van der Waals surface area contributed by atoms with Crippen molar-refractivity contribution in [3.63, 3.8) is 0 Å². The van der Waals surface area contributed by atoms with Gasteiger partial charge in [-0.2, -0.15) is 0 Å². The summed E-state index contributed by atoms with van der Waals surface area (Å²) in [6.45, 7) is 3.63. The first-order valence-electron chi connectivity index (χ1n) is 6.10. The summed E-state index contributed by atoms with van der Waals surface area (Å²) in [6.07, 6.45) is 0. The molecule has 20 heavy (non-hydrogen) atoms. The third-order valence-corrected chi connectivity index (χ3v) is 3.60. The zero-order valence-corrected chi connectivity index (χ0v) is 12.5. The zero-order valence-electron chi connectivity index (χ0n) is 11.8. The molecule has 2 rings (SSSR count). The Bertz CT molecular complexity index is 622. The molecule has 5 heteroatoms. The van der Waals surface area contributed by atoms with E-state index in [0.717, 1.165) is 11.3 Å². The molecule has 1 heterocycles. The lowest BCUT2D eigenvalue weighted by molar-refractivity contribution is 0.351. The van der Waals surface area contributed by atoms with E-state index in [1.54, 1.807) is 13.0 Å².